The third-order valence-electron chi connectivity index (χ3n) is 2.97. The van der Waals surface area contributed by atoms with Gasteiger partial charge in [-0.05, 0) is 37.8 Å². The second-order valence-corrected chi connectivity index (χ2v) is 6.57. The summed E-state index contributed by atoms with van der Waals surface area (Å²) in [5.74, 6) is 0. The molecule has 0 radical (unpaired) electrons. The van der Waals surface area contributed by atoms with Crippen LogP contribution in [0.1, 0.15) is 47.1 Å². The van der Waals surface area contributed by atoms with Gasteiger partial charge in [-0.3, -0.25) is 0 Å². The zero-order valence-corrected chi connectivity index (χ0v) is 11.6. The highest BCUT2D eigenvalue weighted by atomic mass is 15.1. The quantitative estimate of drug-likeness (QED) is 0.695. The van der Waals surface area contributed by atoms with E-state index in [1.54, 1.807) is 0 Å². The number of aromatic nitrogens is 3. The van der Waals surface area contributed by atoms with E-state index in [0.717, 1.165) is 11.2 Å². The Kier molecular flexibility index (Phi) is 2.53. The van der Waals surface area contributed by atoms with Gasteiger partial charge in [0.25, 0.3) is 0 Å². The first-order chi connectivity index (χ1) is 7.71. The molecule has 2 aromatic heterocycles. The number of fused-ring (bicyclic) bond motifs is 1. The maximum atomic E-state index is 4.55. The zero-order valence-electron chi connectivity index (χ0n) is 11.6. The first-order valence-electron chi connectivity index (χ1n) is 6.04. The number of pyridine rings is 1. The van der Waals surface area contributed by atoms with Gasteiger partial charge >= 0.3 is 0 Å². The molecule has 0 aliphatic heterocycles. The van der Waals surface area contributed by atoms with E-state index >= 15 is 0 Å². The summed E-state index contributed by atoms with van der Waals surface area (Å²) in [4.78, 5) is 9.03. The molecule has 3 heteroatoms. The Labute approximate surface area is 103 Å². The fraction of sp³-hybridized carbons (Fsp3) is 0.571. The Hall–Kier alpha value is -1.38. The van der Waals surface area contributed by atoms with Crippen molar-refractivity contribution in [3.8, 4) is 0 Å². The molecule has 0 N–H and O–H groups in total. The minimum absolute atomic E-state index is 0.0122. The maximum absolute atomic E-state index is 4.55. The average molecular weight is 231 g/mol. The van der Waals surface area contributed by atoms with Crippen molar-refractivity contribution in [2.24, 2.45) is 0 Å². The van der Waals surface area contributed by atoms with Crippen LogP contribution in [0.25, 0.3) is 11.2 Å². The van der Waals surface area contributed by atoms with Crippen LogP contribution >= 0.6 is 0 Å². The molecular formula is C14H21N3. The lowest BCUT2D eigenvalue weighted by Gasteiger charge is -2.22. The molecule has 0 aromatic carbocycles. The number of hydrogen-bond acceptors (Lipinski definition) is 2. The molecule has 92 valence electrons. The van der Waals surface area contributed by atoms with E-state index in [1.807, 2.05) is 12.5 Å². The van der Waals surface area contributed by atoms with Crippen LogP contribution in [0.4, 0.5) is 0 Å². The predicted molar refractivity (Wildman–Crippen MR) is 71.2 cm³/mol. The Balaban J connectivity index is 2.74. The van der Waals surface area contributed by atoms with E-state index in [1.165, 1.54) is 5.56 Å². The highest BCUT2D eigenvalue weighted by molar-refractivity contribution is 5.76. The van der Waals surface area contributed by atoms with E-state index in [0.29, 0.717) is 0 Å². The summed E-state index contributed by atoms with van der Waals surface area (Å²) in [6, 6.07) is 2.07. The standard InChI is InChI=1S/C14H21N3/c1-13(2,3)10-7-8-15-12-11(10)16-9-17(12)14(4,5)6/h7-9H,1-6H3. The van der Waals surface area contributed by atoms with Gasteiger partial charge in [0.2, 0.25) is 0 Å². The molecule has 0 unspecified atom stereocenters. The second kappa shape index (κ2) is 3.56. The smallest absolute Gasteiger partial charge is 0.160 e. The van der Waals surface area contributed by atoms with Gasteiger partial charge in [0.15, 0.2) is 5.65 Å². The van der Waals surface area contributed by atoms with Gasteiger partial charge in [0.05, 0.1) is 6.33 Å². The Morgan fingerprint density at radius 1 is 1.00 bits per heavy atom. The molecule has 0 amide bonds. The van der Waals surface area contributed by atoms with Crippen LogP contribution in [-0.2, 0) is 11.0 Å². The van der Waals surface area contributed by atoms with Crippen LogP contribution in [0.5, 0.6) is 0 Å². The summed E-state index contributed by atoms with van der Waals surface area (Å²) in [6.45, 7) is 13.1. The van der Waals surface area contributed by atoms with E-state index in [-0.39, 0.29) is 11.0 Å². The highest BCUT2D eigenvalue weighted by Crippen LogP contribution is 2.29. The third kappa shape index (κ3) is 2.06. The lowest BCUT2D eigenvalue weighted by Crippen LogP contribution is -2.21. The molecule has 0 fully saturated rings. The van der Waals surface area contributed by atoms with E-state index < -0.39 is 0 Å². The molecule has 3 nitrogen and oxygen atoms in total. The molecule has 0 saturated heterocycles. The molecule has 0 aliphatic carbocycles. The molecular weight excluding hydrogens is 210 g/mol. The molecule has 0 saturated carbocycles. The Morgan fingerprint density at radius 2 is 1.65 bits per heavy atom. The number of hydrogen-bond donors (Lipinski definition) is 0. The van der Waals surface area contributed by atoms with Crippen molar-refractivity contribution in [2.75, 3.05) is 0 Å². The molecule has 0 aliphatic rings. The largest absolute Gasteiger partial charge is 0.310 e. The van der Waals surface area contributed by atoms with Crippen LogP contribution in [0.15, 0.2) is 18.6 Å². The van der Waals surface area contributed by atoms with Gasteiger partial charge in [-0.25, -0.2) is 9.97 Å². The fourth-order valence-electron chi connectivity index (χ4n) is 2.01. The van der Waals surface area contributed by atoms with Crippen molar-refractivity contribution in [3.05, 3.63) is 24.2 Å². The van der Waals surface area contributed by atoms with Gasteiger partial charge in [0.1, 0.15) is 5.52 Å². The average Bonchev–Trinajstić information content (AvgIpc) is 2.57. The minimum atomic E-state index is 0.0122. The van der Waals surface area contributed by atoms with Crippen LogP contribution in [0.2, 0.25) is 0 Å². The SMILES string of the molecule is CC(C)(C)c1ccnc2c1ncn2C(C)(C)C. The first-order valence-corrected chi connectivity index (χ1v) is 6.04. The van der Waals surface area contributed by atoms with Crippen molar-refractivity contribution in [3.63, 3.8) is 0 Å². The van der Waals surface area contributed by atoms with Gasteiger partial charge in [-0.1, -0.05) is 20.8 Å². The van der Waals surface area contributed by atoms with E-state index in [9.17, 15) is 0 Å². The van der Waals surface area contributed by atoms with Gasteiger partial charge in [0, 0.05) is 11.7 Å². The molecule has 2 aromatic rings. The molecule has 2 heterocycles. The summed E-state index contributed by atoms with van der Waals surface area (Å²) < 4.78 is 2.14. The summed E-state index contributed by atoms with van der Waals surface area (Å²) in [6.07, 6.45) is 3.78. The van der Waals surface area contributed by atoms with Crippen LogP contribution in [0, 0.1) is 0 Å². The van der Waals surface area contributed by atoms with Crippen LogP contribution < -0.4 is 0 Å². The Morgan fingerprint density at radius 3 is 2.18 bits per heavy atom. The summed E-state index contributed by atoms with van der Waals surface area (Å²) in [7, 11) is 0. The summed E-state index contributed by atoms with van der Waals surface area (Å²) in [5.41, 5.74) is 3.36. The third-order valence-corrected chi connectivity index (χ3v) is 2.97. The maximum Gasteiger partial charge on any atom is 0.160 e. The lowest BCUT2D eigenvalue weighted by atomic mass is 9.87. The van der Waals surface area contributed by atoms with Gasteiger partial charge in [-0.2, -0.15) is 0 Å². The first kappa shape index (κ1) is 12.1. The number of rotatable bonds is 0. The lowest BCUT2D eigenvalue weighted by molar-refractivity contribution is 0.406. The molecule has 17 heavy (non-hydrogen) atoms. The number of imidazole rings is 1. The minimum Gasteiger partial charge on any atom is -0.310 e. The predicted octanol–water partition coefficient (Wildman–Crippen LogP) is 3.48. The van der Waals surface area contributed by atoms with Crippen molar-refractivity contribution in [1.29, 1.82) is 0 Å². The topological polar surface area (TPSA) is 30.7 Å². The van der Waals surface area contributed by atoms with Crippen molar-refractivity contribution < 1.29 is 0 Å². The van der Waals surface area contributed by atoms with Crippen molar-refractivity contribution in [2.45, 2.75) is 52.5 Å². The molecule has 2 rings (SSSR count). The second-order valence-electron chi connectivity index (χ2n) is 6.57. The van der Waals surface area contributed by atoms with Crippen LogP contribution in [0.3, 0.4) is 0 Å². The van der Waals surface area contributed by atoms with Gasteiger partial charge in [-0.15, -0.1) is 0 Å². The highest BCUT2D eigenvalue weighted by Gasteiger charge is 2.22. The van der Waals surface area contributed by atoms with E-state index in [2.05, 4.69) is 62.1 Å². The Bertz CT molecular complexity index is 539. The molecule has 0 atom stereocenters. The zero-order chi connectivity index (χ0) is 12.8. The van der Waals surface area contributed by atoms with Crippen molar-refractivity contribution in [1.82, 2.24) is 14.5 Å². The van der Waals surface area contributed by atoms with Gasteiger partial charge < -0.3 is 4.57 Å². The fourth-order valence-corrected chi connectivity index (χ4v) is 2.01. The summed E-state index contributed by atoms with van der Waals surface area (Å²) in [5, 5.41) is 0. The van der Waals surface area contributed by atoms with Crippen molar-refractivity contribution >= 4 is 11.2 Å². The monoisotopic (exact) mass is 231 g/mol. The van der Waals surface area contributed by atoms with Crippen LogP contribution in [-0.4, -0.2) is 14.5 Å². The molecule has 0 bridgehead atoms. The normalized spacial score (nSPS) is 13.3. The van der Waals surface area contributed by atoms with E-state index in [4.69, 9.17) is 0 Å². The summed E-state index contributed by atoms with van der Waals surface area (Å²) >= 11 is 0. The number of nitrogens with zero attached hydrogens (tertiary/aromatic N) is 3. The molecule has 0 spiro atoms.